The van der Waals surface area contributed by atoms with Crippen LogP contribution in [-0.4, -0.2) is 56.5 Å². The van der Waals surface area contributed by atoms with Gasteiger partial charge in [-0.25, -0.2) is 9.67 Å². The molecule has 1 N–H and O–H groups in total. The molecule has 0 aliphatic carbocycles. The van der Waals surface area contributed by atoms with Crippen LogP contribution in [0.4, 0.5) is 11.8 Å². The fraction of sp³-hybridized carbons (Fsp3) is 0.519. The molecule has 0 spiro atoms. The Morgan fingerprint density at radius 3 is 2.40 bits per heavy atom. The Hall–Kier alpha value is -3.13. The molecular formula is C27H37N7O. The van der Waals surface area contributed by atoms with Gasteiger partial charge >= 0.3 is 0 Å². The summed E-state index contributed by atoms with van der Waals surface area (Å²) in [5.74, 6) is 1.77. The second-order valence-electron chi connectivity index (χ2n) is 9.87. The van der Waals surface area contributed by atoms with E-state index in [0.717, 1.165) is 67.7 Å². The molecule has 5 rings (SSSR count). The number of hydrogen-bond acceptors (Lipinski definition) is 6. The number of piperidine rings is 1. The van der Waals surface area contributed by atoms with Crippen LogP contribution in [0.15, 0.2) is 47.4 Å². The molecule has 2 fully saturated rings. The summed E-state index contributed by atoms with van der Waals surface area (Å²) < 4.78 is 3.74. The molecule has 8 nitrogen and oxygen atoms in total. The standard InChI is InChI=1S/C27H37N7O/c1-21-24(26(35)34(31(21)2)23-10-6-5-7-11-23)20-32-18-13-22(14-19-32)29-27-28-15-12-25(30-27)33-16-8-3-4-9-17-33/h5-7,10-12,15,22H,3-4,8-9,13-14,16-20H2,1-2H3,(H,28,29,30). The van der Waals surface area contributed by atoms with Crippen molar-refractivity contribution in [1.82, 2.24) is 24.2 Å². The summed E-state index contributed by atoms with van der Waals surface area (Å²) >= 11 is 0. The van der Waals surface area contributed by atoms with Crippen LogP contribution in [0.1, 0.15) is 49.8 Å². The number of nitrogens with one attached hydrogen (secondary N) is 1. The van der Waals surface area contributed by atoms with Gasteiger partial charge in [-0.2, -0.15) is 4.98 Å². The zero-order valence-electron chi connectivity index (χ0n) is 21.0. The molecule has 0 saturated carbocycles. The maximum Gasteiger partial charge on any atom is 0.276 e. The second-order valence-corrected chi connectivity index (χ2v) is 9.87. The lowest BCUT2D eigenvalue weighted by atomic mass is 10.0. The predicted octanol–water partition coefficient (Wildman–Crippen LogP) is 3.73. The molecule has 2 saturated heterocycles. The number of likely N-dealkylation sites (tertiary alicyclic amines) is 1. The van der Waals surface area contributed by atoms with Crippen LogP contribution in [0.3, 0.4) is 0 Å². The molecule has 35 heavy (non-hydrogen) atoms. The van der Waals surface area contributed by atoms with Gasteiger partial charge in [0.1, 0.15) is 5.82 Å². The minimum atomic E-state index is 0.0789. The normalized spacial score (nSPS) is 17.9. The highest BCUT2D eigenvalue weighted by atomic mass is 16.1. The van der Waals surface area contributed by atoms with Crippen LogP contribution < -0.4 is 15.8 Å². The van der Waals surface area contributed by atoms with Gasteiger partial charge in [0.25, 0.3) is 5.56 Å². The van der Waals surface area contributed by atoms with Crippen molar-refractivity contribution < 1.29 is 0 Å². The Morgan fingerprint density at radius 2 is 1.69 bits per heavy atom. The van der Waals surface area contributed by atoms with Crippen LogP contribution in [0.2, 0.25) is 0 Å². The zero-order chi connectivity index (χ0) is 24.2. The van der Waals surface area contributed by atoms with E-state index in [4.69, 9.17) is 4.98 Å². The van der Waals surface area contributed by atoms with Gasteiger partial charge in [-0.1, -0.05) is 31.0 Å². The molecule has 3 aromatic rings. The number of para-hydroxylation sites is 1. The van der Waals surface area contributed by atoms with E-state index in [1.807, 2.05) is 61.2 Å². The number of aromatic nitrogens is 4. The van der Waals surface area contributed by atoms with E-state index in [1.54, 1.807) is 4.68 Å². The average molecular weight is 476 g/mol. The summed E-state index contributed by atoms with van der Waals surface area (Å²) in [7, 11) is 1.96. The molecule has 0 amide bonds. The van der Waals surface area contributed by atoms with Gasteiger partial charge in [-0.15, -0.1) is 0 Å². The quantitative estimate of drug-likeness (QED) is 0.586. The first-order valence-corrected chi connectivity index (χ1v) is 13.0. The number of rotatable bonds is 6. The first kappa shape index (κ1) is 23.6. The Morgan fingerprint density at radius 1 is 0.971 bits per heavy atom. The van der Waals surface area contributed by atoms with E-state index in [1.165, 1.54) is 25.7 Å². The van der Waals surface area contributed by atoms with Crippen LogP contribution in [0.25, 0.3) is 5.69 Å². The van der Waals surface area contributed by atoms with Crippen molar-refractivity contribution in [2.45, 2.75) is 58.0 Å². The molecule has 0 bridgehead atoms. The van der Waals surface area contributed by atoms with Gasteiger partial charge < -0.3 is 10.2 Å². The lowest BCUT2D eigenvalue weighted by molar-refractivity contribution is 0.210. The topological polar surface area (TPSA) is 71.2 Å². The van der Waals surface area contributed by atoms with Gasteiger partial charge in [0.2, 0.25) is 5.95 Å². The molecule has 2 aliphatic heterocycles. The second kappa shape index (κ2) is 10.6. The molecule has 186 valence electrons. The van der Waals surface area contributed by atoms with Crippen LogP contribution in [0.5, 0.6) is 0 Å². The monoisotopic (exact) mass is 475 g/mol. The van der Waals surface area contributed by atoms with Gasteiger partial charge in [-0.3, -0.25) is 14.4 Å². The SMILES string of the molecule is Cc1c(CN2CCC(Nc3nccc(N4CCCCCC4)n3)CC2)c(=O)n(-c2ccccc2)n1C. The van der Waals surface area contributed by atoms with Gasteiger partial charge in [0.05, 0.1) is 11.3 Å². The first-order valence-electron chi connectivity index (χ1n) is 13.0. The minimum absolute atomic E-state index is 0.0789. The summed E-state index contributed by atoms with van der Waals surface area (Å²) in [4.78, 5) is 27.4. The van der Waals surface area contributed by atoms with Crippen molar-refractivity contribution in [3.63, 3.8) is 0 Å². The van der Waals surface area contributed by atoms with Gasteiger partial charge in [0, 0.05) is 57.7 Å². The fourth-order valence-corrected chi connectivity index (χ4v) is 5.34. The summed E-state index contributed by atoms with van der Waals surface area (Å²) in [5.41, 5.74) is 2.89. The molecule has 2 aromatic heterocycles. The van der Waals surface area contributed by atoms with Gasteiger partial charge in [-0.05, 0) is 50.8 Å². The van der Waals surface area contributed by atoms with E-state index in [9.17, 15) is 4.79 Å². The van der Waals surface area contributed by atoms with Crippen molar-refractivity contribution in [2.24, 2.45) is 7.05 Å². The summed E-state index contributed by atoms with van der Waals surface area (Å²) in [6.45, 7) is 6.79. The Kier molecular flexibility index (Phi) is 7.18. The van der Waals surface area contributed by atoms with Crippen molar-refractivity contribution >= 4 is 11.8 Å². The van der Waals surface area contributed by atoms with E-state index in [-0.39, 0.29) is 5.56 Å². The van der Waals surface area contributed by atoms with E-state index >= 15 is 0 Å². The van der Waals surface area contributed by atoms with Crippen LogP contribution in [0, 0.1) is 6.92 Å². The highest BCUT2D eigenvalue weighted by molar-refractivity contribution is 5.43. The number of anilines is 2. The summed E-state index contributed by atoms with van der Waals surface area (Å²) in [5, 5.41) is 3.57. The van der Waals surface area contributed by atoms with Crippen molar-refractivity contribution in [3.05, 3.63) is 64.2 Å². The molecule has 4 heterocycles. The summed E-state index contributed by atoms with van der Waals surface area (Å²) in [6.07, 6.45) is 9.00. The smallest absolute Gasteiger partial charge is 0.276 e. The number of benzene rings is 1. The molecular weight excluding hydrogens is 438 g/mol. The Bertz CT molecular complexity index is 1170. The third kappa shape index (κ3) is 5.27. The molecule has 0 unspecified atom stereocenters. The van der Waals surface area contributed by atoms with Crippen molar-refractivity contribution in [3.8, 4) is 5.69 Å². The molecule has 0 radical (unpaired) electrons. The van der Waals surface area contributed by atoms with Crippen LogP contribution >= 0.6 is 0 Å². The third-order valence-electron chi connectivity index (χ3n) is 7.55. The first-order chi connectivity index (χ1) is 17.1. The van der Waals surface area contributed by atoms with Crippen LogP contribution in [-0.2, 0) is 13.6 Å². The van der Waals surface area contributed by atoms with E-state index in [2.05, 4.69) is 20.1 Å². The third-order valence-corrected chi connectivity index (χ3v) is 7.55. The number of nitrogens with zero attached hydrogens (tertiary/aromatic N) is 6. The highest BCUT2D eigenvalue weighted by Gasteiger charge is 2.24. The molecule has 2 aliphatic rings. The Labute approximate surface area is 207 Å². The maximum atomic E-state index is 13.3. The average Bonchev–Trinajstić information content (AvgIpc) is 3.08. The van der Waals surface area contributed by atoms with E-state index < -0.39 is 0 Å². The van der Waals surface area contributed by atoms with Crippen molar-refractivity contribution in [1.29, 1.82) is 0 Å². The zero-order valence-corrected chi connectivity index (χ0v) is 21.0. The maximum absolute atomic E-state index is 13.3. The molecule has 0 atom stereocenters. The minimum Gasteiger partial charge on any atom is -0.356 e. The Balaban J connectivity index is 1.20. The fourth-order valence-electron chi connectivity index (χ4n) is 5.34. The molecule has 1 aromatic carbocycles. The molecule has 8 heteroatoms. The predicted molar refractivity (Wildman–Crippen MR) is 140 cm³/mol. The highest BCUT2D eigenvalue weighted by Crippen LogP contribution is 2.21. The lowest BCUT2D eigenvalue weighted by Gasteiger charge is -2.32. The van der Waals surface area contributed by atoms with Gasteiger partial charge in [0.15, 0.2) is 0 Å². The van der Waals surface area contributed by atoms with E-state index in [0.29, 0.717) is 12.6 Å². The lowest BCUT2D eigenvalue weighted by Crippen LogP contribution is -2.40. The largest absolute Gasteiger partial charge is 0.356 e. The van der Waals surface area contributed by atoms with Crippen molar-refractivity contribution in [2.75, 3.05) is 36.4 Å². The number of hydrogen-bond donors (Lipinski definition) is 1. The summed E-state index contributed by atoms with van der Waals surface area (Å²) in [6, 6.07) is 12.2.